The first-order valence-electron chi connectivity index (χ1n) is 7.73. The Labute approximate surface area is 128 Å². The molecule has 0 radical (unpaired) electrons. The van der Waals surface area contributed by atoms with Crippen molar-refractivity contribution >= 4 is 11.6 Å². The van der Waals surface area contributed by atoms with Crippen molar-refractivity contribution in [3.05, 3.63) is 28.8 Å². The maximum absolute atomic E-state index is 6.20. The predicted octanol–water partition coefficient (Wildman–Crippen LogP) is 5.36. The number of hydrogen-bond donors (Lipinski definition) is 1. The zero-order valence-corrected chi connectivity index (χ0v) is 13.8. The second-order valence-corrected chi connectivity index (χ2v) is 5.70. The summed E-state index contributed by atoms with van der Waals surface area (Å²) in [5.41, 5.74) is 1.24. The van der Waals surface area contributed by atoms with E-state index in [0.29, 0.717) is 11.1 Å². The molecule has 0 aliphatic heterocycles. The summed E-state index contributed by atoms with van der Waals surface area (Å²) in [6.45, 7) is 2.25. The summed E-state index contributed by atoms with van der Waals surface area (Å²) in [5.74, 6) is 0.741. The average molecular weight is 298 g/mol. The lowest BCUT2D eigenvalue weighted by Gasteiger charge is -2.17. The van der Waals surface area contributed by atoms with Gasteiger partial charge in [-0.15, -0.1) is 0 Å². The Kier molecular flexibility index (Phi) is 8.72. The monoisotopic (exact) mass is 297 g/mol. The van der Waals surface area contributed by atoms with Gasteiger partial charge in [0.25, 0.3) is 0 Å². The first-order chi connectivity index (χ1) is 9.72. The molecule has 0 aliphatic rings. The SMILES string of the molecule is CCCCCCCCC(NC)c1ccc(OC)c(Cl)c1. The number of unbranched alkanes of at least 4 members (excludes halogenated alkanes) is 5. The molecule has 0 fully saturated rings. The minimum atomic E-state index is 0.379. The molecule has 0 heterocycles. The summed E-state index contributed by atoms with van der Waals surface area (Å²) < 4.78 is 5.20. The first kappa shape index (κ1) is 17.3. The van der Waals surface area contributed by atoms with E-state index >= 15 is 0 Å². The Bertz CT molecular complexity index is 381. The van der Waals surface area contributed by atoms with Crippen molar-refractivity contribution in [1.82, 2.24) is 5.32 Å². The zero-order chi connectivity index (χ0) is 14.8. The summed E-state index contributed by atoms with van der Waals surface area (Å²) >= 11 is 6.20. The quantitative estimate of drug-likeness (QED) is 0.587. The van der Waals surface area contributed by atoms with Crippen LogP contribution < -0.4 is 10.1 Å². The van der Waals surface area contributed by atoms with E-state index in [1.807, 2.05) is 19.2 Å². The third kappa shape index (κ3) is 5.72. The molecule has 114 valence electrons. The number of methoxy groups -OCH3 is 1. The van der Waals surface area contributed by atoms with Gasteiger partial charge >= 0.3 is 0 Å². The van der Waals surface area contributed by atoms with Crippen LogP contribution in [0.3, 0.4) is 0 Å². The van der Waals surface area contributed by atoms with Crippen LogP contribution in [0.1, 0.15) is 63.5 Å². The number of hydrogen-bond acceptors (Lipinski definition) is 2. The molecule has 3 heteroatoms. The molecule has 20 heavy (non-hydrogen) atoms. The standard InChI is InChI=1S/C17H28ClNO/c1-4-5-6-7-8-9-10-16(19-2)14-11-12-17(20-3)15(18)13-14/h11-13,16,19H,4-10H2,1-3H3. The van der Waals surface area contributed by atoms with Crippen molar-refractivity contribution in [2.75, 3.05) is 14.2 Å². The molecule has 1 unspecified atom stereocenters. The van der Waals surface area contributed by atoms with Crippen LogP contribution in [0.15, 0.2) is 18.2 Å². The molecule has 0 aliphatic carbocycles. The van der Waals surface area contributed by atoms with E-state index in [1.165, 1.54) is 44.1 Å². The van der Waals surface area contributed by atoms with Gasteiger partial charge in [0.15, 0.2) is 0 Å². The van der Waals surface area contributed by atoms with E-state index in [9.17, 15) is 0 Å². The fourth-order valence-corrected chi connectivity index (χ4v) is 2.77. The molecule has 0 amide bonds. The van der Waals surface area contributed by atoms with Crippen LogP contribution >= 0.6 is 11.6 Å². The number of nitrogens with one attached hydrogen (secondary N) is 1. The third-order valence-corrected chi connectivity index (χ3v) is 4.07. The Balaban J connectivity index is 2.43. The first-order valence-corrected chi connectivity index (χ1v) is 8.11. The highest BCUT2D eigenvalue weighted by molar-refractivity contribution is 6.32. The van der Waals surface area contributed by atoms with Crippen molar-refractivity contribution in [1.29, 1.82) is 0 Å². The van der Waals surface area contributed by atoms with Gasteiger partial charge in [-0.1, -0.05) is 63.1 Å². The van der Waals surface area contributed by atoms with Gasteiger partial charge in [-0.05, 0) is 31.2 Å². The van der Waals surface area contributed by atoms with Gasteiger partial charge in [-0.2, -0.15) is 0 Å². The van der Waals surface area contributed by atoms with Crippen molar-refractivity contribution in [2.24, 2.45) is 0 Å². The summed E-state index contributed by atoms with van der Waals surface area (Å²) in [5, 5.41) is 4.07. The van der Waals surface area contributed by atoms with Crippen molar-refractivity contribution < 1.29 is 4.74 Å². The van der Waals surface area contributed by atoms with Crippen molar-refractivity contribution in [3.63, 3.8) is 0 Å². The number of rotatable bonds is 10. The lowest BCUT2D eigenvalue weighted by molar-refractivity contribution is 0.414. The van der Waals surface area contributed by atoms with Gasteiger partial charge in [0.2, 0.25) is 0 Å². The minimum absolute atomic E-state index is 0.379. The fraction of sp³-hybridized carbons (Fsp3) is 0.647. The molecule has 1 aromatic carbocycles. The lowest BCUT2D eigenvalue weighted by atomic mass is 9.99. The Morgan fingerprint density at radius 1 is 1.15 bits per heavy atom. The molecule has 0 aromatic heterocycles. The summed E-state index contributed by atoms with van der Waals surface area (Å²) in [4.78, 5) is 0. The zero-order valence-electron chi connectivity index (χ0n) is 13.0. The smallest absolute Gasteiger partial charge is 0.137 e. The van der Waals surface area contributed by atoms with Crippen LogP contribution in [0.2, 0.25) is 5.02 Å². The van der Waals surface area contributed by atoms with Crippen LogP contribution in [-0.2, 0) is 0 Å². The van der Waals surface area contributed by atoms with Crippen molar-refractivity contribution in [3.8, 4) is 5.75 Å². The topological polar surface area (TPSA) is 21.3 Å². The molecule has 0 bridgehead atoms. The molecule has 1 aromatic rings. The van der Waals surface area contributed by atoms with E-state index in [4.69, 9.17) is 16.3 Å². The highest BCUT2D eigenvalue weighted by atomic mass is 35.5. The largest absolute Gasteiger partial charge is 0.495 e. The van der Waals surface area contributed by atoms with Gasteiger partial charge in [0, 0.05) is 6.04 Å². The number of halogens is 1. The van der Waals surface area contributed by atoms with Crippen LogP contribution in [0, 0.1) is 0 Å². The lowest BCUT2D eigenvalue weighted by Crippen LogP contribution is -2.16. The van der Waals surface area contributed by atoms with Crippen LogP contribution in [0.25, 0.3) is 0 Å². The fourth-order valence-electron chi connectivity index (χ4n) is 2.51. The van der Waals surface area contributed by atoms with Crippen LogP contribution in [0.4, 0.5) is 0 Å². The molecular weight excluding hydrogens is 270 g/mol. The highest BCUT2D eigenvalue weighted by Crippen LogP contribution is 2.29. The predicted molar refractivity (Wildman–Crippen MR) is 87.8 cm³/mol. The number of benzene rings is 1. The minimum Gasteiger partial charge on any atom is -0.495 e. The Hall–Kier alpha value is -0.730. The molecule has 1 rings (SSSR count). The maximum atomic E-state index is 6.20. The van der Waals surface area contributed by atoms with E-state index in [1.54, 1.807) is 7.11 Å². The summed E-state index contributed by atoms with van der Waals surface area (Å²) in [7, 11) is 3.66. The molecule has 2 nitrogen and oxygen atoms in total. The van der Waals surface area contributed by atoms with Gasteiger partial charge < -0.3 is 10.1 Å². The molecule has 1 atom stereocenters. The van der Waals surface area contributed by atoms with Gasteiger partial charge in [0.1, 0.15) is 5.75 Å². The summed E-state index contributed by atoms with van der Waals surface area (Å²) in [6.07, 6.45) is 9.14. The van der Waals surface area contributed by atoms with Crippen molar-refractivity contribution in [2.45, 2.75) is 57.9 Å². The molecular formula is C17H28ClNO. The average Bonchev–Trinajstić information content (AvgIpc) is 2.46. The molecule has 0 spiro atoms. The van der Waals surface area contributed by atoms with Gasteiger partial charge in [0.05, 0.1) is 12.1 Å². The van der Waals surface area contributed by atoms with Gasteiger partial charge in [-0.25, -0.2) is 0 Å². The van der Waals surface area contributed by atoms with E-state index in [0.717, 1.165) is 12.2 Å². The maximum Gasteiger partial charge on any atom is 0.137 e. The van der Waals surface area contributed by atoms with E-state index < -0.39 is 0 Å². The Morgan fingerprint density at radius 2 is 1.85 bits per heavy atom. The number of ether oxygens (including phenoxy) is 1. The molecule has 0 saturated carbocycles. The Morgan fingerprint density at radius 3 is 2.45 bits per heavy atom. The van der Waals surface area contributed by atoms with Crippen LogP contribution in [0.5, 0.6) is 5.75 Å². The second kappa shape index (κ2) is 10.1. The van der Waals surface area contributed by atoms with E-state index in [2.05, 4.69) is 18.3 Å². The van der Waals surface area contributed by atoms with Crippen LogP contribution in [-0.4, -0.2) is 14.2 Å². The molecule has 1 N–H and O–H groups in total. The summed E-state index contributed by atoms with van der Waals surface area (Å²) in [6, 6.07) is 6.44. The van der Waals surface area contributed by atoms with Gasteiger partial charge in [-0.3, -0.25) is 0 Å². The normalized spacial score (nSPS) is 12.4. The second-order valence-electron chi connectivity index (χ2n) is 5.29. The highest BCUT2D eigenvalue weighted by Gasteiger charge is 2.11. The molecule has 0 saturated heterocycles. The van der Waals surface area contributed by atoms with E-state index in [-0.39, 0.29) is 0 Å². The third-order valence-electron chi connectivity index (χ3n) is 3.77.